The molecule has 3 rings (SSSR count). The van der Waals surface area contributed by atoms with E-state index >= 15 is 0 Å². The van der Waals surface area contributed by atoms with Gasteiger partial charge in [0, 0.05) is 31.6 Å². The first-order valence-corrected chi connectivity index (χ1v) is 9.54. The number of nitriles is 1. The molecule has 0 radical (unpaired) electrons. The number of hydrogen-bond acceptors (Lipinski definition) is 5. The molecule has 148 valence electrons. The highest BCUT2D eigenvalue weighted by Gasteiger charge is 2.31. The summed E-state index contributed by atoms with van der Waals surface area (Å²) in [6.07, 6.45) is 0.636. The number of nitrogens with zero attached hydrogens (tertiary/aromatic N) is 4. The van der Waals surface area contributed by atoms with Crippen molar-refractivity contribution >= 4 is 5.91 Å². The fourth-order valence-corrected chi connectivity index (χ4v) is 3.48. The largest absolute Gasteiger partial charge is 0.369 e. The second-order valence-corrected chi connectivity index (χ2v) is 7.60. The molecule has 0 aliphatic carbocycles. The number of aromatic amines is 1. The fourth-order valence-electron chi connectivity index (χ4n) is 3.48. The number of benzene rings is 1. The van der Waals surface area contributed by atoms with Crippen LogP contribution in [-0.4, -0.2) is 59.2 Å². The third-order valence-electron chi connectivity index (χ3n) is 5.00. The van der Waals surface area contributed by atoms with Crippen molar-refractivity contribution in [3.05, 3.63) is 52.3 Å². The van der Waals surface area contributed by atoms with Crippen molar-refractivity contribution in [2.75, 3.05) is 27.2 Å². The molecule has 7 nitrogen and oxygen atoms in total. The van der Waals surface area contributed by atoms with Gasteiger partial charge in [-0.15, -0.1) is 0 Å². The zero-order valence-corrected chi connectivity index (χ0v) is 16.9. The lowest BCUT2D eigenvalue weighted by Crippen LogP contribution is -2.37. The van der Waals surface area contributed by atoms with E-state index in [0.29, 0.717) is 30.8 Å². The second-order valence-electron chi connectivity index (χ2n) is 7.60. The van der Waals surface area contributed by atoms with Gasteiger partial charge in [0.05, 0.1) is 29.5 Å². The van der Waals surface area contributed by atoms with Gasteiger partial charge in [-0.1, -0.05) is 12.1 Å². The van der Waals surface area contributed by atoms with Gasteiger partial charge in [0.15, 0.2) is 5.69 Å². The average molecular weight is 381 g/mol. The minimum Gasteiger partial charge on any atom is -0.369 e. The zero-order valence-electron chi connectivity index (χ0n) is 16.9. The molecule has 0 saturated heterocycles. The number of aromatic nitrogens is 2. The van der Waals surface area contributed by atoms with E-state index in [2.05, 4.69) is 21.2 Å². The molecule has 1 amide bonds. The minimum absolute atomic E-state index is 0.0559. The summed E-state index contributed by atoms with van der Waals surface area (Å²) >= 11 is 0. The lowest BCUT2D eigenvalue weighted by atomic mass is 9.99. The maximum atomic E-state index is 13.4. The first kappa shape index (κ1) is 20.1. The highest BCUT2D eigenvalue weighted by atomic mass is 16.5. The average Bonchev–Trinajstić information content (AvgIpc) is 3.09. The number of rotatable bonds is 6. The van der Waals surface area contributed by atoms with E-state index in [0.717, 1.165) is 23.4 Å². The molecule has 1 N–H and O–H groups in total. The Morgan fingerprint density at radius 1 is 1.29 bits per heavy atom. The van der Waals surface area contributed by atoms with Gasteiger partial charge < -0.3 is 14.5 Å². The number of fused-ring (bicyclic) bond motifs is 1. The summed E-state index contributed by atoms with van der Waals surface area (Å²) in [4.78, 5) is 17.2. The van der Waals surface area contributed by atoms with Crippen molar-refractivity contribution in [3.63, 3.8) is 0 Å². The molecular weight excluding hydrogens is 354 g/mol. The molecule has 1 aromatic carbocycles. The predicted octanol–water partition coefficient (Wildman–Crippen LogP) is 2.51. The quantitative estimate of drug-likeness (QED) is 0.831. The van der Waals surface area contributed by atoms with Crippen molar-refractivity contribution in [1.82, 2.24) is 20.0 Å². The second kappa shape index (κ2) is 8.55. The summed E-state index contributed by atoms with van der Waals surface area (Å²) in [5.74, 6) is -0.0787. The number of ether oxygens (including phenoxy) is 1. The summed E-state index contributed by atoms with van der Waals surface area (Å²) in [5, 5.41) is 16.3. The fraction of sp³-hybridized carbons (Fsp3) is 0.476. The Hall–Kier alpha value is -2.69. The van der Waals surface area contributed by atoms with Gasteiger partial charge in [0.1, 0.15) is 0 Å². The highest BCUT2D eigenvalue weighted by Crippen LogP contribution is 2.30. The zero-order chi connectivity index (χ0) is 20.3. The lowest BCUT2D eigenvalue weighted by Gasteiger charge is -2.27. The van der Waals surface area contributed by atoms with Crippen molar-refractivity contribution in [1.29, 1.82) is 5.26 Å². The van der Waals surface area contributed by atoms with Crippen LogP contribution in [0.1, 0.15) is 52.8 Å². The van der Waals surface area contributed by atoms with E-state index in [9.17, 15) is 4.79 Å². The Balaban J connectivity index is 1.85. The molecule has 2 atom stereocenters. The smallest absolute Gasteiger partial charge is 0.274 e. The summed E-state index contributed by atoms with van der Waals surface area (Å²) in [7, 11) is 3.98. The molecular formula is C21H27N5O2. The van der Waals surface area contributed by atoms with Crippen LogP contribution in [-0.2, 0) is 17.7 Å². The van der Waals surface area contributed by atoms with Crippen LogP contribution in [0, 0.1) is 11.3 Å². The molecule has 2 aromatic rings. The molecule has 0 spiro atoms. The monoisotopic (exact) mass is 381 g/mol. The first-order chi connectivity index (χ1) is 13.4. The van der Waals surface area contributed by atoms with Crippen LogP contribution in [0.2, 0.25) is 0 Å². The maximum Gasteiger partial charge on any atom is 0.274 e. The molecule has 0 fully saturated rings. The standard InChI is InChI=1S/C21H27N5O2/c1-14-11-18-19(15(2)28-14)23-24-20(18)21(27)26(10-9-25(3)4)13-17-7-5-16(12-22)6-8-17/h5-8,14-15H,9-11,13H2,1-4H3,(H,23,24)/t14-,15+/m1/s1. The van der Waals surface area contributed by atoms with E-state index in [1.165, 1.54) is 0 Å². The van der Waals surface area contributed by atoms with Gasteiger partial charge in [-0.2, -0.15) is 10.4 Å². The molecule has 1 aromatic heterocycles. The lowest BCUT2D eigenvalue weighted by molar-refractivity contribution is -0.00702. The summed E-state index contributed by atoms with van der Waals surface area (Å²) in [6, 6.07) is 9.47. The van der Waals surface area contributed by atoms with Crippen molar-refractivity contribution in [2.45, 2.75) is 39.0 Å². The number of nitrogens with one attached hydrogen (secondary N) is 1. The molecule has 0 saturated carbocycles. The maximum absolute atomic E-state index is 13.4. The number of amides is 1. The predicted molar refractivity (Wildman–Crippen MR) is 106 cm³/mol. The minimum atomic E-state index is -0.0958. The van der Waals surface area contributed by atoms with Crippen molar-refractivity contribution in [2.24, 2.45) is 0 Å². The van der Waals surface area contributed by atoms with Crippen LogP contribution in [0.3, 0.4) is 0 Å². The summed E-state index contributed by atoms with van der Waals surface area (Å²) in [6.45, 7) is 5.81. The summed E-state index contributed by atoms with van der Waals surface area (Å²) < 4.78 is 5.83. The molecule has 0 unspecified atom stereocenters. The normalized spacial score (nSPS) is 18.6. The molecule has 1 aliphatic heterocycles. The highest BCUT2D eigenvalue weighted by molar-refractivity contribution is 5.94. The van der Waals surface area contributed by atoms with E-state index in [1.807, 2.05) is 45.0 Å². The molecule has 1 aliphatic rings. The van der Waals surface area contributed by atoms with E-state index in [-0.39, 0.29) is 18.1 Å². The van der Waals surface area contributed by atoms with Crippen LogP contribution in [0.4, 0.5) is 0 Å². The Morgan fingerprint density at radius 3 is 2.64 bits per heavy atom. The topological polar surface area (TPSA) is 85.3 Å². The SMILES string of the molecule is C[C@@H]1Cc2c(C(=O)N(CCN(C)C)Cc3ccc(C#N)cc3)n[nH]c2[C@H](C)O1. The number of H-pyrrole nitrogens is 1. The summed E-state index contributed by atoms with van der Waals surface area (Å²) in [5.41, 5.74) is 3.95. The van der Waals surface area contributed by atoms with E-state index in [4.69, 9.17) is 10.00 Å². The van der Waals surface area contributed by atoms with Crippen LogP contribution < -0.4 is 0 Å². The third-order valence-corrected chi connectivity index (χ3v) is 5.00. The number of likely N-dealkylation sites (N-methyl/N-ethyl adjacent to an activating group) is 1. The van der Waals surface area contributed by atoms with Crippen LogP contribution >= 0.6 is 0 Å². The Morgan fingerprint density at radius 2 is 2.00 bits per heavy atom. The van der Waals surface area contributed by atoms with E-state index in [1.54, 1.807) is 12.1 Å². The number of carbonyl (C=O) groups is 1. The Kier molecular flexibility index (Phi) is 6.12. The van der Waals surface area contributed by atoms with Crippen LogP contribution in [0.25, 0.3) is 0 Å². The number of carbonyl (C=O) groups excluding carboxylic acids is 1. The van der Waals surface area contributed by atoms with Gasteiger partial charge in [0.25, 0.3) is 5.91 Å². The van der Waals surface area contributed by atoms with Gasteiger partial charge in [-0.3, -0.25) is 9.89 Å². The number of hydrogen-bond donors (Lipinski definition) is 1. The van der Waals surface area contributed by atoms with Crippen LogP contribution in [0.5, 0.6) is 0 Å². The Labute approximate surface area is 165 Å². The van der Waals surface area contributed by atoms with Gasteiger partial charge >= 0.3 is 0 Å². The van der Waals surface area contributed by atoms with Gasteiger partial charge in [-0.05, 0) is 45.6 Å². The van der Waals surface area contributed by atoms with Gasteiger partial charge in [0.2, 0.25) is 0 Å². The van der Waals surface area contributed by atoms with Crippen LogP contribution in [0.15, 0.2) is 24.3 Å². The molecule has 28 heavy (non-hydrogen) atoms. The van der Waals surface area contributed by atoms with Gasteiger partial charge in [-0.25, -0.2) is 0 Å². The molecule has 2 heterocycles. The van der Waals surface area contributed by atoms with Crippen molar-refractivity contribution < 1.29 is 9.53 Å². The Bertz CT molecular complexity index is 866. The molecule has 7 heteroatoms. The molecule has 0 bridgehead atoms. The van der Waals surface area contributed by atoms with E-state index < -0.39 is 0 Å². The third kappa shape index (κ3) is 4.41. The first-order valence-electron chi connectivity index (χ1n) is 9.54. The van der Waals surface area contributed by atoms with Crippen molar-refractivity contribution in [3.8, 4) is 6.07 Å².